The van der Waals surface area contributed by atoms with E-state index in [9.17, 15) is 13.2 Å². The van der Waals surface area contributed by atoms with Crippen molar-refractivity contribution in [3.63, 3.8) is 0 Å². The molecule has 0 radical (unpaired) electrons. The highest BCUT2D eigenvalue weighted by atomic mass is 32.2. The summed E-state index contributed by atoms with van der Waals surface area (Å²) in [5, 5.41) is 2.87. The number of nitrogens with zero attached hydrogens (tertiary/aromatic N) is 2. The Balaban J connectivity index is 1.43. The summed E-state index contributed by atoms with van der Waals surface area (Å²) in [5.41, 5.74) is 2.21. The Hall–Kier alpha value is -2.26. The fourth-order valence-electron chi connectivity index (χ4n) is 4.64. The van der Waals surface area contributed by atoms with Crippen LogP contribution in [0.3, 0.4) is 0 Å². The molecule has 8 heteroatoms. The van der Waals surface area contributed by atoms with Crippen LogP contribution in [0.2, 0.25) is 0 Å². The van der Waals surface area contributed by atoms with Crippen LogP contribution in [0.25, 0.3) is 0 Å². The number of hydrogen-bond donors (Lipinski definition) is 1. The summed E-state index contributed by atoms with van der Waals surface area (Å²) < 4.78 is 33.9. The molecule has 2 aliphatic rings. The highest BCUT2D eigenvalue weighted by Crippen LogP contribution is 2.25. The second kappa shape index (κ2) is 11.0. The van der Waals surface area contributed by atoms with Crippen molar-refractivity contribution in [2.75, 3.05) is 51.3 Å². The van der Waals surface area contributed by atoms with Gasteiger partial charge in [0.1, 0.15) is 0 Å². The SMILES string of the molecule is CC(C)c1ccc(NC(=O)c2cccc(S(=O)(=O)N3CCCC(CN4CCOCC4)C3)c2)cc1. The standard InChI is InChI=1S/C26H35N3O4S/c1-20(2)22-8-10-24(11-9-22)27-26(30)23-6-3-7-25(17-23)34(31,32)29-12-4-5-21(19-29)18-28-13-15-33-16-14-28/h3,6-11,17,20-21H,4-5,12-16,18-19H2,1-2H3,(H,27,30). The quantitative estimate of drug-likeness (QED) is 0.646. The maximum absolute atomic E-state index is 13.4. The van der Waals surface area contributed by atoms with Crippen LogP contribution in [-0.4, -0.2) is 69.5 Å². The maximum atomic E-state index is 13.4. The van der Waals surface area contributed by atoms with Crippen molar-refractivity contribution in [1.82, 2.24) is 9.21 Å². The number of carbonyl (C=O) groups is 1. The van der Waals surface area contributed by atoms with Crippen molar-refractivity contribution in [2.45, 2.75) is 37.5 Å². The molecular formula is C26H35N3O4S. The van der Waals surface area contributed by atoms with Gasteiger partial charge < -0.3 is 10.1 Å². The van der Waals surface area contributed by atoms with Crippen molar-refractivity contribution in [1.29, 1.82) is 0 Å². The Morgan fingerprint density at radius 1 is 1.09 bits per heavy atom. The lowest BCUT2D eigenvalue weighted by Crippen LogP contribution is -2.46. The van der Waals surface area contributed by atoms with Gasteiger partial charge in [-0.15, -0.1) is 0 Å². The minimum absolute atomic E-state index is 0.169. The van der Waals surface area contributed by atoms with Gasteiger partial charge in [0.05, 0.1) is 18.1 Å². The maximum Gasteiger partial charge on any atom is 0.255 e. The van der Waals surface area contributed by atoms with E-state index in [4.69, 9.17) is 4.74 Å². The van der Waals surface area contributed by atoms with Gasteiger partial charge in [-0.2, -0.15) is 4.31 Å². The first-order valence-corrected chi connectivity index (χ1v) is 13.6. The molecule has 2 fully saturated rings. The Labute approximate surface area is 203 Å². The summed E-state index contributed by atoms with van der Waals surface area (Å²) >= 11 is 0. The lowest BCUT2D eigenvalue weighted by atomic mass is 9.99. The van der Waals surface area contributed by atoms with Gasteiger partial charge in [-0.25, -0.2) is 8.42 Å². The summed E-state index contributed by atoms with van der Waals surface area (Å²) in [4.78, 5) is 15.4. The number of sulfonamides is 1. The second-order valence-electron chi connectivity index (χ2n) is 9.54. The van der Waals surface area contributed by atoms with Crippen molar-refractivity contribution >= 4 is 21.6 Å². The number of carbonyl (C=O) groups excluding carboxylic acids is 1. The van der Waals surface area contributed by atoms with Gasteiger partial charge in [0.15, 0.2) is 0 Å². The van der Waals surface area contributed by atoms with E-state index < -0.39 is 10.0 Å². The molecule has 2 aliphatic heterocycles. The van der Waals surface area contributed by atoms with E-state index in [0.29, 0.717) is 36.2 Å². The Morgan fingerprint density at radius 2 is 1.82 bits per heavy atom. The first kappa shape index (κ1) is 24.9. The van der Waals surface area contributed by atoms with E-state index >= 15 is 0 Å². The zero-order valence-electron chi connectivity index (χ0n) is 20.1. The molecule has 1 N–H and O–H groups in total. The van der Waals surface area contributed by atoms with Gasteiger partial charge in [-0.1, -0.05) is 32.0 Å². The topological polar surface area (TPSA) is 79.0 Å². The monoisotopic (exact) mass is 485 g/mol. The average Bonchev–Trinajstić information content (AvgIpc) is 2.85. The summed E-state index contributed by atoms with van der Waals surface area (Å²) in [5.74, 6) is 0.398. The molecular weight excluding hydrogens is 450 g/mol. The molecule has 34 heavy (non-hydrogen) atoms. The fourth-order valence-corrected chi connectivity index (χ4v) is 6.25. The van der Waals surface area contributed by atoms with E-state index in [2.05, 4.69) is 24.1 Å². The predicted octanol–water partition coefficient (Wildman–Crippen LogP) is 3.80. The number of ether oxygens (including phenoxy) is 1. The molecule has 0 aliphatic carbocycles. The van der Waals surface area contributed by atoms with Crippen LogP contribution in [-0.2, 0) is 14.8 Å². The third kappa shape index (κ3) is 6.05. The third-order valence-corrected chi connectivity index (χ3v) is 8.53. The van der Waals surface area contributed by atoms with Gasteiger partial charge in [-0.05, 0) is 60.6 Å². The zero-order chi connectivity index (χ0) is 24.1. The van der Waals surface area contributed by atoms with Crippen LogP contribution in [0.4, 0.5) is 5.69 Å². The minimum atomic E-state index is -3.67. The normalized spacial score (nSPS) is 20.4. The van der Waals surface area contributed by atoms with E-state index in [1.807, 2.05) is 24.3 Å². The third-order valence-electron chi connectivity index (χ3n) is 6.67. The largest absolute Gasteiger partial charge is 0.379 e. The molecule has 0 saturated carbocycles. The highest BCUT2D eigenvalue weighted by Gasteiger charge is 2.31. The van der Waals surface area contributed by atoms with Gasteiger partial charge in [-0.3, -0.25) is 9.69 Å². The van der Waals surface area contributed by atoms with E-state index in [1.165, 1.54) is 11.6 Å². The van der Waals surface area contributed by atoms with E-state index in [0.717, 1.165) is 45.7 Å². The number of piperidine rings is 1. The summed E-state index contributed by atoms with van der Waals surface area (Å²) in [6.07, 6.45) is 1.88. The number of amides is 1. The molecule has 0 aromatic heterocycles. The number of nitrogens with one attached hydrogen (secondary N) is 1. The summed E-state index contributed by atoms with van der Waals surface area (Å²) in [6.45, 7) is 9.45. The molecule has 1 amide bonds. The second-order valence-corrected chi connectivity index (χ2v) is 11.5. The van der Waals surface area contributed by atoms with Crippen molar-refractivity contribution in [3.8, 4) is 0 Å². The van der Waals surface area contributed by atoms with Crippen molar-refractivity contribution in [3.05, 3.63) is 59.7 Å². The van der Waals surface area contributed by atoms with Crippen molar-refractivity contribution in [2.24, 2.45) is 5.92 Å². The van der Waals surface area contributed by atoms with Crippen LogP contribution in [0.5, 0.6) is 0 Å². The van der Waals surface area contributed by atoms with Gasteiger partial charge in [0.25, 0.3) is 5.91 Å². The number of hydrogen-bond acceptors (Lipinski definition) is 5. The number of morpholine rings is 1. The fraction of sp³-hybridized carbons (Fsp3) is 0.500. The molecule has 2 aromatic rings. The molecule has 184 valence electrons. The number of rotatable bonds is 7. The van der Waals surface area contributed by atoms with Crippen LogP contribution in [0.1, 0.15) is 48.5 Å². The van der Waals surface area contributed by atoms with Crippen molar-refractivity contribution < 1.29 is 17.9 Å². The molecule has 7 nitrogen and oxygen atoms in total. The summed E-state index contributed by atoms with van der Waals surface area (Å²) in [7, 11) is -3.67. The first-order chi connectivity index (χ1) is 16.3. The molecule has 2 heterocycles. The molecule has 1 unspecified atom stereocenters. The van der Waals surface area contributed by atoms with E-state index in [1.54, 1.807) is 22.5 Å². The van der Waals surface area contributed by atoms with Gasteiger partial charge >= 0.3 is 0 Å². The molecule has 2 saturated heterocycles. The Kier molecular flexibility index (Phi) is 8.03. The molecule has 0 spiro atoms. The minimum Gasteiger partial charge on any atom is -0.379 e. The lowest BCUT2D eigenvalue weighted by molar-refractivity contribution is 0.0265. The van der Waals surface area contributed by atoms with Gasteiger partial charge in [0, 0.05) is 44.0 Å². The summed E-state index contributed by atoms with van der Waals surface area (Å²) in [6, 6.07) is 14.1. The van der Waals surface area contributed by atoms with Crippen LogP contribution in [0, 0.1) is 5.92 Å². The molecule has 1 atom stereocenters. The smallest absolute Gasteiger partial charge is 0.255 e. The Morgan fingerprint density at radius 3 is 2.53 bits per heavy atom. The van der Waals surface area contributed by atoms with Gasteiger partial charge in [0.2, 0.25) is 10.0 Å². The van der Waals surface area contributed by atoms with Crippen LogP contribution >= 0.6 is 0 Å². The first-order valence-electron chi connectivity index (χ1n) is 12.1. The number of benzene rings is 2. The molecule has 4 rings (SSSR count). The molecule has 0 bridgehead atoms. The van der Waals surface area contributed by atoms with Crippen LogP contribution in [0.15, 0.2) is 53.4 Å². The highest BCUT2D eigenvalue weighted by molar-refractivity contribution is 7.89. The zero-order valence-corrected chi connectivity index (χ0v) is 20.9. The number of anilines is 1. The molecule has 2 aromatic carbocycles. The Bertz CT molecular complexity index is 1080. The average molecular weight is 486 g/mol. The predicted molar refractivity (Wildman–Crippen MR) is 134 cm³/mol. The van der Waals surface area contributed by atoms with Crippen LogP contribution < -0.4 is 5.32 Å². The lowest BCUT2D eigenvalue weighted by Gasteiger charge is -2.36. The van der Waals surface area contributed by atoms with E-state index in [-0.39, 0.29) is 10.8 Å².